The third-order valence-electron chi connectivity index (χ3n) is 4.47. The Morgan fingerprint density at radius 3 is 2.53 bits per heavy atom. The summed E-state index contributed by atoms with van der Waals surface area (Å²) in [5, 5.41) is 11.5. The Balaban J connectivity index is 2.11. The fraction of sp³-hybridized carbons (Fsp3) is 0.0526. The number of nitrogens with zero attached hydrogens (tertiary/aromatic N) is 4. The molecule has 30 heavy (non-hydrogen) atoms. The second kappa shape index (κ2) is 7.08. The number of H-pyrrole nitrogens is 1. The quantitative estimate of drug-likeness (QED) is 0.379. The van der Waals surface area contributed by atoms with Gasteiger partial charge in [0.05, 0.1) is 15.6 Å². The SMILES string of the molecule is Cc1ccc(-n2c(=O)[nH]c3c(C(N)=O)nc(-c4c(Cl)cccc4[N+](=O)[O-])nc32)cc1. The van der Waals surface area contributed by atoms with E-state index in [-0.39, 0.29) is 39.0 Å². The number of carbonyl (C=O) groups is 1. The summed E-state index contributed by atoms with van der Waals surface area (Å²) in [7, 11) is 0. The molecule has 0 aliphatic heterocycles. The van der Waals surface area contributed by atoms with Gasteiger partial charge >= 0.3 is 5.69 Å². The van der Waals surface area contributed by atoms with Gasteiger partial charge in [0.25, 0.3) is 11.6 Å². The predicted molar refractivity (Wildman–Crippen MR) is 110 cm³/mol. The number of aromatic amines is 1. The van der Waals surface area contributed by atoms with Crippen molar-refractivity contribution in [2.75, 3.05) is 0 Å². The van der Waals surface area contributed by atoms with Crippen molar-refractivity contribution in [1.82, 2.24) is 19.5 Å². The van der Waals surface area contributed by atoms with E-state index in [2.05, 4.69) is 15.0 Å². The highest BCUT2D eigenvalue weighted by atomic mass is 35.5. The van der Waals surface area contributed by atoms with E-state index < -0.39 is 16.5 Å². The van der Waals surface area contributed by atoms with Crippen LogP contribution in [0.3, 0.4) is 0 Å². The first-order valence-electron chi connectivity index (χ1n) is 8.61. The van der Waals surface area contributed by atoms with Gasteiger partial charge in [-0.3, -0.25) is 14.9 Å². The number of benzene rings is 2. The Hall–Kier alpha value is -4.05. The van der Waals surface area contributed by atoms with Crippen molar-refractivity contribution >= 4 is 34.4 Å². The van der Waals surface area contributed by atoms with Gasteiger partial charge in [-0.25, -0.2) is 19.3 Å². The van der Waals surface area contributed by atoms with Gasteiger partial charge < -0.3 is 10.7 Å². The molecule has 2 aromatic carbocycles. The van der Waals surface area contributed by atoms with Gasteiger partial charge in [-0.05, 0) is 25.1 Å². The van der Waals surface area contributed by atoms with Gasteiger partial charge in [0, 0.05) is 6.07 Å². The van der Waals surface area contributed by atoms with Crippen LogP contribution in [0.2, 0.25) is 5.02 Å². The normalized spacial score (nSPS) is 11.0. The number of nitrogens with one attached hydrogen (secondary N) is 1. The molecule has 4 rings (SSSR count). The van der Waals surface area contributed by atoms with Crippen LogP contribution in [0.25, 0.3) is 28.2 Å². The molecule has 0 fully saturated rings. The average molecular weight is 425 g/mol. The Morgan fingerprint density at radius 2 is 1.90 bits per heavy atom. The molecule has 2 heterocycles. The number of fused-ring (bicyclic) bond motifs is 1. The molecule has 0 unspecified atom stereocenters. The lowest BCUT2D eigenvalue weighted by molar-refractivity contribution is -0.384. The third kappa shape index (κ3) is 3.08. The minimum atomic E-state index is -0.935. The summed E-state index contributed by atoms with van der Waals surface area (Å²) in [5.74, 6) is -1.14. The highest BCUT2D eigenvalue weighted by Gasteiger charge is 2.25. The lowest BCUT2D eigenvalue weighted by atomic mass is 10.1. The Bertz CT molecular complexity index is 1390. The lowest BCUT2D eigenvalue weighted by Gasteiger charge is -2.08. The molecule has 0 spiro atoms. The number of nitro benzene ring substituents is 1. The number of halogens is 1. The van der Waals surface area contributed by atoms with Gasteiger partial charge in [0.15, 0.2) is 17.2 Å². The predicted octanol–water partition coefficient (Wildman–Crippen LogP) is 2.74. The molecular weight excluding hydrogens is 412 g/mol. The van der Waals surface area contributed by atoms with Crippen LogP contribution in [0.1, 0.15) is 16.1 Å². The number of hydrogen-bond acceptors (Lipinski definition) is 6. The molecule has 4 aromatic rings. The van der Waals surface area contributed by atoms with E-state index in [0.29, 0.717) is 5.69 Å². The molecule has 3 N–H and O–H groups in total. The highest BCUT2D eigenvalue weighted by molar-refractivity contribution is 6.33. The van der Waals surface area contributed by atoms with Crippen molar-refractivity contribution in [3.63, 3.8) is 0 Å². The zero-order valence-electron chi connectivity index (χ0n) is 15.4. The van der Waals surface area contributed by atoms with E-state index >= 15 is 0 Å². The number of aryl methyl sites for hydroxylation is 1. The number of rotatable bonds is 4. The molecule has 0 aliphatic rings. The van der Waals surface area contributed by atoms with Gasteiger partial charge in [-0.2, -0.15) is 0 Å². The molecule has 11 heteroatoms. The second-order valence-corrected chi connectivity index (χ2v) is 6.86. The van der Waals surface area contributed by atoms with E-state index in [1.807, 2.05) is 6.92 Å². The minimum absolute atomic E-state index is 0.0127. The fourth-order valence-corrected chi connectivity index (χ4v) is 3.35. The zero-order chi connectivity index (χ0) is 21.6. The molecule has 1 amide bonds. The molecule has 0 bridgehead atoms. The van der Waals surface area contributed by atoms with Crippen LogP contribution in [0.5, 0.6) is 0 Å². The van der Waals surface area contributed by atoms with Crippen LogP contribution in [0, 0.1) is 17.0 Å². The maximum Gasteiger partial charge on any atom is 0.332 e. The van der Waals surface area contributed by atoms with Crippen molar-refractivity contribution in [3.05, 3.63) is 79.3 Å². The van der Waals surface area contributed by atoms with Crippen molar-refractivity contribution in [1.29, 1.82) is 0 Å². The van der Waals surface area contributed by atoms with Crippen molar-refractivity contribution < 1.29 is 9.72 Å². The van der Waals surface area contributed by atoms with E-state index in [4.69, 9.17) is 17.3 Å². The zero-order valence-corrected chi connectivity index (χ0v) is 16.2. The average Bonchev–Trinajstić information content (AvgIpc) is 3.03. The fourth-order valence-electron chi connectivity index (χ4n) is 3.09. The third-order valence-corrected chi connectivity index (χ3v) is 4.79. The van der Waals surface area contributed by atoms with Crippen molar-refractivity contribution in [3.8, 4) is 17.1 Å². The van der Waals surface area contributed by atoms with E-state index in [9.17, 15) is 19.7 Å². The maximum absolute atomic E-state index is 12.6. The number of nitro groups is 1. The summed E-state index contributed by atoms with van der Waals surface area (Å²) in [5.41, 5.74) is 5.67. The van der Waals surface area contributed by atoms with E-state index in [1.165, 1.54) is 22.8 Å². The largest absolute Gasteiger partial charge is 0.364 e. The standard InChI is InChI=1S/C19H13ClN6O4/c1-9-5-7-10(8-6-9)25-18-15(23-19(25)28)14(16(21)27)22-17(24-18)13-11(20)3-2-4-12(13)26(29)30/h2-8H,1H3,(H2,21,27)(H,23,28). The van der Waals surface area contributed by atoms with Crippen LogP contribution in [0.15, 0.2) is 47.3 Å². The van der Waals surface area contributed by atoms with Gasteiger partial charge in [-0.1, -0.05) is 35.4 Å². The van der Waals surface area contributed by atoms with Crippen molar-refractivity contribution in [2.24, 2.45) is 5.73 Å². The molecule has 0 radical (unpaired) electrons. The van der Waals surface area contributed by atoms with E-state index in [1.54, 1.807) is 24.3 Å². The number of aromatic nitrogens is 4. The molecule has 2 aromatic heterocycles. The Kier molecular flexibility index (Phi) is 4.55. The monoisotopic (exact) mass is 424 g/mol. The first kappa shape index (κ1) is 19.3. The smallest absolute Gasteiger partial charge is 0.332 e. The van der Waals surface area contributed by atoms with Crippen LogP contribution < -0.4 is 11.4 Å². The van der Waals surface area contributed by atoms with Gasteiger partial charge in [-0.15, -0.1) is 0 Å². The highest BCUT2D eigenvalue weighted by Crippen LogP contribution is 2.35. The van der Waals surface area contributed by atoms with Crippen LogP contribution in [-0.2, 0) is 0 Å². The number of nitrogens with two attached hydrogens (primary N) is 1. The number of imidazole rings is 1. The molecule has 10 nitrogen and oxygen atoms in total. The maximum atomic E-state index is 12.6. The number of primary amides is 1. The molecular formula is C19H13ClN6O4. The number of amides is 1. The lowest BCUT2D eigenvalue weighted by Crippen LogP contribution is -2.15. The van der Waals surface area contributed by atoms with Gasteiger partial charge in [0.1, 0.15) is 11.1 Å². The van der Waals surface area contributed by atoms with E-state index in [0.717, 1.165) is 5.56 Å². The molecule has 0 saturated carbocycles. The Labute approximate surface area is 173 Å². The summed E-state index contributed by atoms with van der Waals surface area (Å²) < 4.78 is 1.23. The number of hydrogen-bond donors (Lipinski definition) is 2. The minimum Gasteiger partial charge on any atom is -0.364 e. The molecule has 150 valence electrons. The summed E-state index contributed by atoms with van der Waals surface area (Å²) in [6.07, 6.45) is 0. The molecule has 0 saturated heterocycles. The first-order valence-corrected chi connectivity index (χ1v) is 8.98. The summed E-state index contributed by atoms with van der Waals surface area (Å²) in [6.45, 7) is 1.89. The van der Waals surface area contributed by atoms with Crippen LogP contribution in [-0.4, -0.2) is 30.3 Å². The summed E-state index contributed by atoms with van der Waals surface area (Å²) in [6, 6.07) is 11.1. The summed E-state index contributed by atoms with van der Waals surface area (Å²) >= 11 is 6.19. The van der Waals surface area contributed by atoms with Crippen LogP contribution >= 0.6 is 11.6 Å². The topological polar surface area (TPSA) is 150 Å². The van der Waals surface area contributed by atoms with Crippen LogP contribution in [0.4, 0.5) is 5.69 Å². The Morgan fingerprint density at radius 1 is 1.20 bits per heavy atom. The van der Waals surface area contributed by atoms with Crippen molar-refractivity contribution in [2.45, 2.75) is 6.92 Å². The summed E-state index contributed by atoms with van der Waals surface area (Å²) in [4.78, 5) is 46.5. The second-order valence-electron chi connectivity index (χ2n) is 6.45. The number of carbonyl (C=O) groups excluding carboxylic acids is 1. The van der Waals surface area contributed by atoms with Gasteiger partial charge in [0.2, 0.25) is 0 Å². The molecule has 0 aliphatic carbocycles. The first-order chi connectivity index (χ1) is 14.3. The molecule has 0 atom stereocenters.